The van der Waals surface area contributed by atoms with E-state index < -0.39 is 0 Å². The van der Waals surface area contributed by atoms with E-state index in [9.17, 15) is 4.79 Å². The Bertz CT molecular complexity index is 349. The summed E-state index contributed by atoms with van der Waals surface area (Å²) in [5, 5.41) is 3.65. The Labute approximate surface area is 129 Å². The molecule has 1 amide bonds. The highest BCUT2D eigenvalue weighted by molar-refractivity contribution is 5.89. The topological polar surface area (TPSA) is 41.6 Å². The van der Waals surface area contributed by atoms with E-state index in [2.05, 4.69) is 33.0 Å². The van der Waals surface area contributed by atoms with Gasteiger partial charge < -0.3 is 9.64 Å². The molecule has 1 spiro atoms. The number of hydrogen-bond donors (Lipinski definition) is 1. The average Bonchev–Trinajstić information content (AvgIpc) is 2.99. The molecule has 1 saturated heterocycles. The molecule has 1 N–H and O–H groups in total. The second-order valence-corrected chi connectivity index (χ2v) is 7.42. The molecule has 1 aliphatic carbocycles. The number of rotatable bonds is 7. The summed E-state index contributed by atoms with van der Waals surface area (Å²) in [6, 6.07) is 0. The van der Waals surface area contributed by atoms with Crippen LogP contribution in [0.25, 0.3) is 0 Å². The molecule has 1 aliphatic heterocycles. The van der Waals surface area contributed by atoms with Gasteiger partial charge in [-0.1, -0.05) is 40.5 Å². The molecule has 1 saturated carbocycles. The third-order valence-electron chi connectivity index (χ3n) is 4.83. The summed E-state index contributed by atoms with van der Waals surface area (Å²) in [4.78, 5) is 14.9. The zero-order valence-electron chi connectivity index (χ0n) is 14.2. The summed E-state index contributed by atoms with van der Waals surface area (Å²) in [7, 11) is 0. The summed E-state index contributed by atoms with van der Waals surface area (Å²) in [5.41, 5.74) is -0.257. The van der Waals surface area contributed by atoms with Crippen molar-refractivity contribution in [3.8, 4) is 0 Å². The fourth-order valence-corrected chi connectivity index (χ4v) is 3.51. The molecule has 0 aromatic heterocycles. The first-order valence-electron chi connectivity index (χ1n) is 8.63. The van der Waals surface area contributed by atoms with Crippen molar-refractivity contribution in [1.29, 1.82) is 0 Å². The second kappa shape index (κ2) is 7.10. The van der Waals surface area contributed by atoms with Gasteiger partial charge in [-0.15, -0.1) is 0 Å². The normalized spacial score (nSPS) is 25.0. The smallest absolute Gasteiger partial charge is 0.244 e. The van der Waals surface area contributed by atoms with E-state index in [0.717, 1.165) is 25.9 Å². The molecule has 2 fully saturated rings. The van der Waals surface area contributed by atoms with E-state index in [1.165, 1.54) is 12.8 Å². The predicted octanol–water partition coefficient (Wildman–Crippen LogP) is 2.78. The third kappa shape index (κ3) is 3.78. The summed E-state index contributed by atoms with van der Waals surface area (Å²) in [6.07, 6.45) is 5.60. The molecular weight excluding hydrogens is 264 g/mol. The van der Waals surface area contributed by atoms with Gasteiger partial charge in [0.15, 0.2) is 0 Å². The van der Waals surface area contributed by atoms with Gasteiger partial charge in [-0.3, -0.25) is 10.1 Å². The number of nitrogens with one attached hydrogen (secondary N) is 1. The zero-order chi connectivity index (χ0) is 15.5. The molecule has 21 heavy (non-hydrogen) atoms. The van der Waals surface area contributed by atoms with Crippen molar-refractivity contribution in [3.63, 3.8) is 0 Å². The van der Waals surface area contributed by atoms with Gasteiger partial charge >= 0.3 is 0 Å². The molecule has 0 radical (unpaired) electrons. The van der Waals surface area contributed by atoms with Crippen LogP contribution < -0.4 is 5.32 Å². The molecule has 1 heterocycles. The van der Waals surface area contributed by atoms with Crippen molar-refractivity contribution < 1.29 is 9.53 Å². The maximum absolute atomic E-state index is 12.8. The number of carbonyl (C=O) groups excluding carboxylic acids is 1. The van der Waals surface area contributed by atoms with Crippen LogP contribution in [-0.4, -0.2) is 42.3 Å². The first-order valence-corrected chi connectivity index (χ1v) is 8.63. The third-order valence-corrected chi connectivity index (χ3v) is 4.83. The second-order valence-electron chi connectivity index (χ2n) is 7.42. The lowest BCUT2D eigenvalue weighted by Gasteiger charge is -2.27. The van der Waals surface area contributed by atoms with Gasteiger partial charge in [0, 0.05) is 13.2 Å². The number of ether oxygens (including phenoxy) is 1. The Morgan fingerprint density at radius 1 is 1.24 bits per heavy atom. The molecule has 1 atom stereocenters. The SMILES string of the molecule is CC(C)CCOCCN1C(=O)C2(CCCC2)NC1C(C)C. The van der Waals surface area contributed by atoms with Gasteiger partial charge in [0.05, 0.1) is 18.3 Å². The van der Waals surface area contributed by atoms with Crippen molar-refractivity contribution in [2.75, 3.05) is 19.8 Å². The van der Waals surface area contributed by atoms with Crippen LogP contribution in [0.1, 0.15) is 59.8 Å². The van der Waals surface area contributed by atoms with E-state index >= 15 is 0 Å². The average molecular weight is 296 g/mol. The van der Waals surface area contributed by atoms with Gasteiger partial charge in [0.25, 0.3) is 0 Å². The Hall–Kier alpha value is -0.610. The molecule has 0 aromatic carbocycles. The predicted molar refractivity (Wildman–Crippen MR) is 84.9 cm³/mol. The largest absolute Gasteiger partial charge is 0.380 e. The van der Waals surface area contributed by atoms with Gasteiger partial charge in [-0.25, -0.2) is 0 Å². The quantitative estimate of drug-likeness (QED) is 0.735. The number of amides is 1. The monoisotopic (exact) mass is 296 g/mol. The molecule has 0 bridgehead atoms. The number of hydrogen-bond acceptors (Lipinski definition) is 3. The Morgan fingerprint density at radius 2 is 1.90 bits per heavy atom. The van der Waals surface area contributed by atoms with Crippen molar-refractivity contribution >= 4 is 5.91 Å². The Morgan fingerprint density at radius 3 is 2.48 bits per heavy atom. The molecule has 122 valence electrons. The zero-order valence-corrected chi connectivity index (χ0v) is 14.2. The van der Waals surface area contributed by atoms with Crippen molar-refractivity contribution in [2.24, 2.45) is 11.8 Å². The summed E-state index contributed by atoms with van der Waals surface area (Å²) in [6.45, 7) is 10.9. The molecule has 4 heteroatoms. The van der Waals surface area contributed by atoms with Crippen LogP contribution in [0, 0.1) is 11.8 Å². The van der Waals surface area contributed by atoms with Crippen LogP contribution in [0.15, 0.2) is 0 Å². The lowest BCUT2D eigenvalue weighted by Crippen LogP contribution is -2.45. The van der Waals surface area contributed by atoms with Crippen LogP contribution in [0.5, 0.6) is 0 Å². The Kier molecular flexibility index (Phi) is 5.67. The molecule has 2 aliphatic rings. The van der Waals surface area contributed by atoms with Gasteiger partial charge in [0.2, 0.25) is 5.91 Å². The van der Waals surface area contributed by atoms with Crippen LogP contribution in [0.4, 0.5) is 0 Å². The Balaban J connectivity index is 1.88. The lowest BCUT2D eigenvalue weighted by atomic mass is 9.98. The van der Waals surface area contributed by atoms with E-state index in [1.54, 1.807) is 0 Å². The minimum atomic E-state index is -0.257. The molecule has 1 unspecified atom stereocenters. The lowest BCUT2D eigenvalue weighted by molar-refractivity contribution is -0.134. The minimum Gasteiger partial charge on any atom is -0.380 e. The molecule has 4 nitrogen and oxygen atoms in total. The molecule has 0 aromatic rings. The summed E-state index contributed by atoms with van der Waals surface area (Å²) >= 11 is 0. The standard InChI is InChI=1S/C17H32N2O2/c1-13(2)7-11-21-12-10-19-15(14(3)4)18-17(16(19)20)8-5-6-9-17/h13-15,18H,5-12H2,1-4H3. The van der Waals surface area contributed by atoms with E-state index in [0.29, 0.717) is 30.9 Å². The highest BCUT2D eigenvalue weighted by Crippen LogP contribution is 2.37. The minimum absolute atomic E-state index is 0.171. The summed E-state index contributed by atoms with van der Waals surface area (Å²) in [5.74, 6) is 1.42. The van der Waals surface area contributed by atoms with Crippen molar-refractivity contribution in [3.05, 3.63) is 0 Å². The molecule has 2 rings (SSSR count). The van der Waals surface area contributed by atoms with E-state index in [4.69, 9.17) is 4.74 Å². The van der Waals surface area contributed by atoms with E-state index in [1.807, 2.05) is 4.90 Å². The van der Waals surface area contributed by atoms with Gasteiger partial charge in [-0.05, 0) is 31.1 Å². The van der Waals surface area contributed by atoms with Crippen LogP contribution in [0.3, 0.4) is 0 Å². The molecular formula is C17H32N2O2. The highest BCUT2D eigenvalue weighted by Gasteiger charge is 2.52. The van der Waals surface area contributed by atoms with Gasteiger partial charge in [-0.2, -0.15) is 0 Å². The van der Waals surface area contributed by atoms with Crippen LogP contribution in [0.2, 0.25) is 0 Å². The maximum atomic E-state index is 12.8. The maximum Gasteiger partial charge on any atom is 0.244 e. The van der Waals surface area contributed by atoms with Crippen LogP contribution in [-0.2, 0) is 9.53 Å². The first-order chi connectivity index (χ1) is 9.96. The number of nitrogens with zero attached hydrogens (tertiary/aromatic N) is 1. The fourth-order valence-electron chi connectivity index (χ4n) is 3.51. The first kappa shape index (κ1) is 16.8. The summed E-state index contributed by atoms with van der Waals surface area (Å²) < 4.78 is 5.71. The van der Waals surface area contributed by atoms with Crippen molar-refractivity contribution in [1.82, 2.24) is 10.2 Å². The van der Waals surface area contributed by atoms with Crippen LogP contribution >= 0.6 is 0 Å². The van der Waals surface area contributed by atoms with E-state index in [-0.39, 0.29) is 11.7 Å². The number of carbonyl (C=O) groups is 1. The fraction of sp³-hybridized carbons (Fsp3) is 0.941. The van der Waals surface area contributed by atoms with Gasteiger partial charge in [0.1, 0.15) is 0 Å². The highest BCUT2D eigenvalue weighted by atomic mass is 16.5. The van der Waals surface area contributed by atoms with Crippen molar-refractivity contribution in [2.45, 2.75) is 71.5 Å².